The molecule has 0 spiro atoms. The Morgan fingerprint density at radius 3 is 1.92 bits per heavy atom. The molecule has 1 amide bonds. The molecule has 0 aromatic heterocycles. The molecule has 0 aliphatic carbocycles. The summed E-state index contributed by atoms with van der Waals surface area (Å²) in [5.74, 6) is -0.367. The summed E-state index contributed by atoms with van der Waals surface area (Å²) < 4.78 is 71.1. The number of nitrogens with one attached hydrogen (secondary N) is 1. The molecule has 0 aliphatic rings. The average Bonchev–Trinajstić information content (AvgIpc) is 2.92. The number of halogens is 4. The first-order valence-electron chi connectivity index (χ1n) is 11.9. The van der Waals surface area contributed by atoms with E-state index in [0.717, 1.165) is 5.56 Å². The van der Waals surface area contributed by atoms with E-state index in [1.165, 1.54) is 72.8 Å². The van der Waals surface area contributed by atoms with Gasteiger partial charge in [0.1, 0.15) is 6.04 Å². The molecule has 4 rings (SSSR count). The summed E-state index contributed by atoms with van der Waals surface area (Å²) >= 11 is 5.88. The molecular formula is C29H24ClF3N2O3S. The second-order valence-electron chi connectivity index (χ2n) is 8.72. The van der Waals surface area contributed by atoms with Crippen LogP contribution in [0.4, 0.5) is 13.2 Å². The summed E-state index contributed by atoms with van der Waals surface area (Å²) in [4.78, 5) is 12.2. The van der Waals surface area contributed by atoms with Crippen molar-refractivity contribution in [2.24, 2.45) is 0 Å². The van der Waals surface area contributed by atoms with Crippen LogP contribution in [0.3, 0.4) is 0 Å². The number of hydrogen-bond acceptors (Lipinski definition) is 3. The lowest BCUT2D eigenvalue weighted by molar-refractivity contribution is -0.174. The van der Waals surface area contributed by atoms with E-state index in [9.17, 15) is 26.4 Å². The van der Waals surface area contributed by atoms with Crippen LogP contribution in [-0.2, 0) is 23.1 Å². The average molecular weight is 573 g/mol. The fourth-order valence-electron chi connectivity index (χ4n) is 4.03. The van der Waals surface area contributed by atoms with Crippen LogP contribution >= 0.6 is 11.6 Å². The third-order valence-corrected chi connectivity index (χ3v) is 8.06. The summed E-state index contributed by atoms with van der Waals surface area (Å²) in [5, 5.41) is 3.03. The van der Waals surface area contributed by atoms with Crippen LogP contribution in [0.15, 0.2) is 114 Å². The number of rotatable bonds is 9. The van der Waals surface area contributed by atoms with Crippen LogP contribution < -0.4 is 5.32 Å². The maximum Gasteiger partial charge on any atom is 0.409 e. The number of carbonyl (C=O) groups excluding carboxylic acids is 1. The van der Waals surface area contributed by atoms with Gasteiger partial charge < -0.3 is 5.32 Å². The van der Waals surface area contributed by atoms with Crippen LogP contribution in [0, 0.1) is 0 Å². The molecule has 1 unspecified atom stereocenters. The van der Waals surface area contributed by atoms with Crippen molar-refractivity contribution in [1.82, 2.24) is 9.62 Å². The Morgan fingerprint density at radius 1 is 0.795 bits per heavy atom. The lowest BCUT2D eigenvalue weighted by atomic mass is 10.1. The molecule has 0 radical (unpaired) electrons. The normalized spacial score (nSPS) is 12.7. The van der Waals surface area contributed by atoms with Crippen molar-refractivity contribution in [2.45, 2.75) is 30.2 Å². The van der Waals surface area contributed by atoms with Gasteiger partial charge in [0, 0.05) is 23.7 Å². The SMILES string of the molecule is O=C(NCc1ccccc1)c1ccc(CN(C(c2ccccc2)C(F)(F)F)S(=O)(=O)c2ccc(Cl)cc2)cc1. The fourth-order valence-corrected chi connectivity index (χ4v) is 5.75. The summed E-state index contributed by atoms with van der Waals surface area (Å²) in [7, 11) is -4.64. The summed E-state index contributed by atoms with van der Waals surface area (Å²) in [6.45, 7) is -0.283. The van der Waals surface area contributed by atoms with Gasteiger partial charge in [0.15, 0.2) is 0 Å². The van der Waals surface area contributed by atoms with Crippen molar-refractivity contribution in [1.29, 1.82) is 0 Å². The zero-order valence-electron chi connectivity index (χ0n) is 20.5. The molecule has 0 bridgehead atoms. The van der Waals surface area contributed by atoms with E-state index in [1.807, 2.05) is 30.3 Å². The first kappa shape index (κ1) is 28.4. The second kappa shape index (κ2) is 12.0. The largest absolute Gasteiger partial charge is 0.409 e. The number of nitrogens with zero attached hydrogens (tertiary/aromatic N) is 1. The predicted octanol–water partition coefficient (Wildman–Crippen LogP) is 6.76. The lowest BCUT2D eigenvalue weighted by Gasteiger charge is -2.33. The molecule has 0 saturated heterocycles. The standard InChI is InChI=1S/C29H24ClF3N2O3S/c30-25-15-17-26(18-16-25)39(37,38)35(27(29(31,32)33)23-9-5-2-6-10-23)20-22-11-13-24(14-12-22)28(36)34-19-21-7-3-1-4-8-21/h1-18,27H,19-20H2,(H,34,36). The van der Waals surface area contributed by atoms with Crippen LogP contribution in [0.25, 0.3) is 0 Å². The van der Waals surface area contributed by atoms with E-state index in [1.54, 1.807) is 6.07 Å². The number of alkyl halides is 3. The van der Waals surface area contributed by atoms with Crippen molar-refractivity contribution >= 4 is 27.5 Å². The number of amides is 1. The van der Waals surface area contributed by atoms with Crippen LogP contribution in [0.1, 0.15) is 33.1 Å². The van der Waals surface area contributed by atoms with E-state index in [0.29, 0.717) is 10.8 Å². The number of sulfonamides is 1. The van der Waals surface area contributed by atoms with Gasteiger partial charge in [-0.25, -0.2) is 8.42 Å². The summed E-state index contributed by atoms with van der Waals surface area (Å²) in [6, 6.07) is 24.5. The van der Waals surface area contributed by atoms with Gasteiger partial charge in [-0.3, -0.25) is 4.79 Å². The molecule has 0 aliphatic heterocycles. The minimum Gasteiger partial charge on any atom is -0.348 e. The fraction of sp³-hybridized carbons (Fsp3) is 0.138. The van der Waals surface area contributed by atoms with Gasteiger partial charge in [0.25, 0.3) is 5.91 Å². The van der Waals surface area contributed by atoms with Gasteiger partial charge in [-0.05, 0) is 53.1 Å². The lowest BCUT2D eigenvalue weighted by Crippen LogP contribution is -2.42. The first-order chi connectivity index (χ1) is 18.6. The summed E-state index contributed by atoms with van der Waals surface area (Å²) in [5.41, 5.74) is 1.25. The third-order valence-electron chi connectivity index (χ3n) is 5.98. The van der Waals surface area contributed by atoms with Crippen molar-refractivity contribution in [2.75, 3.05) is 0 Å². The minimum absolute atomic E-state index is 0.223. The van der Waals surface area contributed by atoms with Gasteiger partial charge >= 0.3 is 6.18 Å². The molecule has 0 heterocycles. The highest BCUT2D eigenvalue weighted by molar-refractivity contribution is 7.89. The number of carbonyl (C=O) groups is 1. The maximum absolute atomic E-state index is 14.5. The van der Waals surface area contributed by atoms with Crippen LogP contribution in [0.5, 0.6) is 0 Å². The monoisotopic (exact) mass is 572 g/mol. The van der Waals surface area contributed by atoms with Crippen molar-refractivity contribution in [3.8, 4) is 0 Å². The summed E-state index contributed by atoms with van der Waals surface area (Å²) in [6.07, 6.45) is -4.92. The van der Waals surface area contributed by atoms with Gasteiger partial charge in [-0.1, -0.05) is 84.4 Å². The smallest absolute Gasteiger partial charge is 0.348 e. The zero-order valence-corrected chi connectivity index (χ0v) is 22.0. The molecule has 0 fully saturated rings. The Bertz CT molecular complexity index is 1500. The van der Waals surface area contributed by atoms with Crippen LogP contribution in [-0.4, -0.2) is 24.8 Å². The Morgan fingerprint density at radius 2 is 1.36 bits per heavy atom. The quantitative estimate of drug-likeness (QED) is 0.241. The molecule has 39 heavy (non-hydrogen) atoms. The molecule has 4 aromatic rings. The van der Waals surface area contributed by atoms with Crippen molar-refractivity contribution < 1.29 is 26.4 Å². The number of hydrogen-bond donors (Lipinski definition) is 1. The Hall–Kier alpha value is -3.66. The highest BCUT2D eigenvalue weighted by atomic mass is 35.5. The van der Waals surface area contributed by atoms with E-state index < -0.39 is 28.8 Å². The zero-order chi connectivity index (χ0) is 28.0. The maximum atomic E-state index is 14.5. The molecule has 1 N–H and O–H groups in total. The Balaban J connectivity index is 1.65. The minimum atomic E-state index is -4.92. The molecule has 10 heteroatoms. The van der Waals surface area contributed by atoms with Crippen LogP contribution in [0.2, 0.25) is 5.02 Å². The van der Waals surface area contributed by atoms with Gasteiger partial charge in [0.05, 0.1) is 4.90 Å². The van der Waals surface area contributed by atoms with E-state index >= 15 is 0 Å². The molecule has 4 aromatic carbocycles. The number of benzene rings is 4. The molecule has 202 valence electrons. The van der Waals surface area contributed by atoms with Crippen molar-refractivity contribution in [3.05, 3.63) is 136 Å². The third kappa shape index (κ3) is 7.06. The molecule has 1 atom stereocenters. The Labute approximate surface area is 229 Å². The molecule has 0 saturated carbocycles. The van der Waals surface area contributed by atoms with E-state index in [-0.39, 0.29) is 32.5 Å². The second-order valence-corrected chi connectivity index (χ2v) is 11.1. The van der Waals surface area contributed by atoms with E-state index in [2.05, 4.69) is 5.32 Å². The predicted molar refractivity (Wildman–Crippen MR) is 143 cm³/mol. The topological polar surface area (TPSA) is 66.5 Å². The highest BCUT2D eigenvalue weighted by Gasteiger charge is 2.49. The first-order valence-corrected chi connectivity index (χ1v) is 13.7. The molecular weight excluding hydrogens is 549 g/mol. The Kier molecular flexibility index (Phi) is 8.74. The van der Waals surface area contributed by atoms with Crippen molar-refractivity contribution in [3.63, 3.8) is 0 Å². The van der Waals surface area contributed by atoms with Gasteiger partial charge in [-0.15, -0.1) is 0 Å². The van der Waals surface area contributed by atoms with Gasteiger partial charge in [-0.2, -0.15) is 17.5 Å². The molecule has 5 nitrogen and oxygen atoms in total. The van der Waals surface area contributed by atoms with Gasteiger partial charge in [0.2, 0.25) is 10.0 Å². The highest BCUT2D eigenvalue weighted by Crippen LogP contribution is 2.41. The van der Waals surface area contributed by atoms with E-state index in [4.69, 9.17) is 11.6 Å².